The van der Waals surface area contributed by atoms with Gasteiger partial charge in [0.1, 0.15) is 5.69 Å². The van der Waals surface area contributed by atoms with Gasteiger partial charge in [-0.3, -0.25) is 14.3 Å². The minimum atomic E-state index is -0.0440. The monoisotopic (exact) mass is 352 g/mol. The van der Waals surface area contributed by atoms with Crippen LogP contribution in [0.1, 0.15) is 35.3 Å². The average molecular weight is 352 g/mol. The Morgan fingerprint density at radius 3 is 2.46 bits per heavy atom. The van der Waals surface area contributed by atoms with Gasteiger partial charge >= 0.3 is 0 Å². The molecule has 0 unspecified atom stereocenters. The predicted octanol–water partition coefficient (Wildman–Crippen LogP) is 2.02. The largest absolute Gasteiger partial charge is 0.341 e. The highest BCUT2D eigenvalue weighted by Gasteiger charge is 2.34. The molecule has 1 saturated carbocycles. The van der Waals surface area contributed by atoms with Crippen molar-refractivity contribution in [3.63, 3.8) is 0 Å². The molecule has 2 aromatic rings. The fourth-order valence-corrected chi connectivity index (χ4v) is 3.43. The molecule has 1 aliphatic carbocycles. The third-order valence-corrected chi connectivity index (χ3v) is 5.07. The Morgan fingerprint density at radius 2 is 1.69 bits per heavy atom. The lowest BCUT2D eigenvalue weighted by Gasteiger charge is -2.21. The van der Waals surface area contributed by atoms with Crippen LogP contribution in [0.4, 0.5) is 0 Å². The number of benzene rings is 1. The molecule has 6 nitrogen and oxygen atoms in total. The van der Waals surface area contributed by atoms with Crippen LogP contribution >= 0.6 is 0 Å². The molecule has 136 valence electrons. The fourth-order valence-electron chi connectivity index (χ4n) is 3.43. The SMILES string of the molecule is O=C(c1ccn(Cc2ccccc2)n1)N1CCCN(C(=O)C2CC2)CC1. The molecule has 26 heavy (non-hydrogen) atoms. The van der Waals surface area contributed by atoms with E-state index in [0.29, 0.717) is 31.9 Å². The lowest BCUT2D eigenvalue weighted by Crippen LogP contribution is -2.38. The molecule has 0 atom stereocenters. The van der Waals surface area contributed by atoms with Gasteiger partial charge in [0.25, 0.3) is 5.91 Å². The molecule has 2 amide bonds. The first kappa shape index (κ1) is 16.8. The van der Waals surface area contributed by atoms with E-state index in [0.717, 1.165) is 31.4 Å². The molecule has 0 bridgehead atoms. The van der Waals surface area contributed by atoms with Crippen LogP contribution in [0.5, 0.6) is 0 Å². The molecule has 1 aromatic heterocycles. The zero-order chi connectivity index (χ0) is 17.9. The van der Waals surface area contributed by atoms with Gasteiger partial charge in [-0.25, -0.2) is 0 Å². The van der Waals surface area contributed by atoms with Crippen molar-refractivity contribution in [2.45, 2.75) is 25.8 Å². The van der Waals surface area contributed by atoms with Crippen molar-refractivity contribution in [2.75, 3.05) is 26.2 Å². The van der Waals surface area contributed by atoms with E-state index in [1.165, 1.54) is 0 Å². The second kappa shape index (κ2) is 7.32. The zero-order valence-corrected chi connectivity index (χ0v) is 14.9. The molecule has 0 radical (unpaired) electrons. The molecule has 2 fully saturated rings. The number of hydrogen-bond acceptors (Lipinski definition) is 3. The maximum atomic E-state index is 12.8. The van der Waals surface area contributed by atoms with Crippen LogP contribution in [0.3, 0.4) is 0 Å². The summed E-state index contributed by atoms with van der Waals surface area (Å²) in [7, 11) is 0. The van der Waals surface area contributed by atoms with Crippen LogP contribution in [0.2, 0.25) is 0 Å². The van der Waals surface area contributed by atoms with Crippen LogP contribution in [0.15, 0.2) is 42.6 Å². The molecule has 2 aliphatic rings. The summed E-state index contributed by atoms with van der Waals surface area (Å²) >= 11 is 0. The van der Waals surface area contributed by atoms with Crippen molar-refractivity contribution < 1.29 is 9.59 Å². The van der Waals surface area contributed by atoms with Crippen molar-refractivity contribution in [2.24, 2.45) is 5.92 Å². The Balaban J connectivity index is 1.37. The Bertz CT molecular complexity index is 782. The zero-order valence-electron chi connectivity index (χ0n) is 14.9. The minimum absolute atomic E-state index is 0.0440. The lowest BCUT2D eigenvalue weighted by atomic mass is 10.2. The first-order valence-corrected chi connectivity index (χ1v) is 9.36. The molecule has 2 heterocycles. The van der Waals surface area contributed by atoms with Crippen molar-refractivity contribution >= 4 is 11.8 Å². The summed E-state index contributed by atoms with van der Waals surface area (Å²) in [6.07, 6.45) is 4.73. The smallest absolute Gasteiger partial charge is 0.274 e. The normalized spacial score (nSPS) is 17.8. The van der Waals surface area contributed by atoms with Crippen LogP contribution in [-0.4, -0.2) is 57.6 Å². The van der Waals surface area contributed by atoms with Gasteiger partial charge in [-0.2, -0.15) is 5.10 Å². The number of rotatable bonds is 4. The first-order chi connectivity index (χ1) is 12.7. The Hall–Kier alpha value is -2.63. The van der Waals surface area contributed by atoms with Crippen LogP contribution in [-0.2, 0) is 11.3 Å². The molecule has 0 N–H and O–H groups in total. The number of amides is 2. The number of hydrogen-bond donors (Lipinski definition) is 0. The maximum absolute atomic E-state index is 12.8. The van der Waals surface area contributed by atoms with Crippen molar-refractivity contribution in [1.82, 2.24) is 19.6 Å². The van der Waals surface area contributed by atoms with Crippen LogP contribution in [0, 0.1) is 5.92 Å². The van der Waals surface area contributed by atoms with Gasteiger partial charge in [0, 0.05) is 38.3 Å². The molecular formula is C20H24N4O2. The van der Waals surface area contributed by atoms with E-state index in [1.54, 1.807) is 10.7 Å². The van der Waals surface area contributed by atoms with E-state index in [4.69, 9.17) is 0 Å². The van der Waals surface area contributed by atoms with Crippen LogP contribution < -0.4 is 0 Å². The molecule has 0 spiro atoms. The highest BCUT2D eigenvalue weighted by molar-refractivity contribution is 5.92. The van der Waals surface area contributed by atoms with Gasteiger partial charge in [-0.15, -0.1) is 0 Å². The van der Waals surface area contributed by atoms with Gasteiger partial charge in [0.2, 0.25) is 5.91 Å². The van der Waals surface area contributed by atoms with E-state index >= 15 is 0 Å². The van der Waals surface area contributed by atoms with Crippen molar-refractivity contribution in [3.8, 4) is 0 Å². The van der Waals surface area contributed by atoms with Gasteiger partial charge in [0.05, 0.1) is 6.54 Å². The van der Waals surface area contributed by atoms with Gasteiger partial charge in [0.15, 0.2) is 0 Å². The number of nitrogens with zero attached hydrogens (tertiary/aromatic N) is 4. The molecule has 4 rings (SSSR count). The number of aromatic nitrogens is 2. The van der Waals surface area contributed by atoms with Crippen LogP contribution in [0.25, 0.3) is 0 Å². The summed E-state index contributed by atoms with van der Waals surface area (Å²) in [5, 5.41) is 4.45. The van der Waals surface area contributed by atoms with E-state index in [2.05, 4.69) is 5.10 Å². The Morgan fingerprint density at radius 1 is 0.962 bits per heavy atom. The number of carbonyl (C=O) groups is 2. The summed E-state index contributed by atoms with van der Waals surface area (Å²) in [4.78, 5) is 28.8. The first-order valence-electron chi connectivity index (χ1n) is 9.36. The van der Waals surface area contributed by atoms with E-state index in [1.807, 2.05) is 46.3 Å². The standard InChI is InChI=1S/C20H24N4O2/c25-19(17-7-8-17)22-10-4-11-23(14-13-22)20(26)18-9-12-24(21-18)15-16-5-2-1-3-6-16/h1-3,5-6,9,12,17H,4,7-8,10-11,13-15H2. The summed E-state index contributed by atoms with van der Waals surface area (Å²) in [6, 6.07) is 11.8. The second-order valence-corrected chi connectivity index (χ2v) is 7.13. The fraction of sp³-hybridized carbons (Fsp3) is 0.450. The molecule has 1 saturated heterocycles. The Kier molecular flexibility index (Phi) is 4.73. The molecule has 1 aliphatic heterocycles. The van der Waals surface area contributed by atoms with Gasteiger partial charge < -0.3 is 9.80 Å². The summed E-state index contributed by atoms with van der Waals surface area (Å²) in [5.74, 6) is 0.468. The van der Waals surface area contributed by atoms with E-state index in [-0.39, 0.29) is 17.7 Å². The summed E-state index contributed by atoms with van der Waals surface area (Å²) in [5.41, 5.74) is 1.63. The molecule has 1 aromatic carbocycles. The number of carbonyl (C=O) groups excluding carboxylic acids is 2. The quantitative estimate of drug-likeness (QED) is 0.846. The summed E-state index contributed by atoms with van der Waals surface area (Å²) < 4.78 is 1.79. The average Bonchev–Trinajstić information content (AvgIpc) is 3.45. The van der Waals surface area contributed by atoms with Gasteiger partial charge in [-0.1, -0.05) is 30.3 Å². The van der Waals surface area contributed by atoms with E-state index in [9.17, 15) is 9.59 Å². The predicted molar refractivity (Wildman–Crippen MR) is 97.6 cm³/mol. The lowest BCUT2D eigenvalue weighted by molar-refractivity contribution is -0.132. The topological polar surface area (TPSA) is 58.4 Å². The summed E-state index contributed by atoms with van der Waals surface area (Å²) in [6.45, 7) is 3.30. The third kappa shape index (κ3) is 3.79. The van der Waals surface area contributed by atoms with Crippen molar-refractivity contribution in [1.29, 1.82) is 0 Å². The molecule has 6 heteroatoms. The third-order valence-electron chi connectivity index (χ3n) is 5.07. The van der Waals surface area contributed by atoms with Gasteiger partial charge in [-0.05, 0) is 30.9 Å². The maximum Gasteiger partial charge on any atom is 0.274 e. The van der Waals surface area contributed by atoms with E-state index < -0.39 is 0 Å². The minimum Gasteiger partial charge on any atom is -0.341 e. The Labute approximate surface area is 153 Å². The molecular weight excluding hydrogens is 328 g/mol. The van der Waals surface area contributed by atoms with Crippen molar-refractivity contribution in [3.05, 3.63) is 53.9 Å². The second-order valence-electron chi connectivity index (χ2n) is 7.13. The highest BCUT2D eigenvalue weighted by Crippen LogP contribution is 2.31. The highest BCUT2D eigenvalue weighted by atomic mass is 16.2.